The minimum atomic E-state index is -0.308. The lowest BCUT2D eigenvalue weighted by Crippen LogP contribution is -2.02. The lowest BCUT2D eigenvalue weighted by molar-refractivity contribution is -0.137. The van der Waals surface area contributed by atoms with Gasteiger partial charge < -0.3 is 9.47 Å². The third-order valence-electron chi connectivity index (χ3n) is 5.15. The first-order valence-electron chi connectivity index (χ1n) is 10.9. The van der Waals surface area contributed by atoms with Crippen LogP contribution in [-0.4, -0.2) is 12.6 Å². The molecule has 0 aliphatic carbocycles. The first-order valence-corrected chi connectivity index (χ1v) is 10.9. The van der Waals surface area contributed by atoms with Gasteiger partial charge in [-0.05, 0) is 67.0 Å². The Morgan fingerprint density at radius 1 is 0.871 bits per heavy atom. The van der Waals surface area contributed by atoms with E-state index >= 15 is 0 Å². The van der Waals surface area contributed by atoms with E-state index in [1.807, 2.05) is 49.4 Å². The molecule has 0 aliphatic heterocycles. The Bertz CT molecular complexity index is 1010. The molecule has 3 aromatic rings. The standard InChI is InChI=1S/C28H30O3/c1-3-30-27(29)20-19-25-15-8-7-14-24(25)16-10-18-26-17-9-11-22(2)28(26)31-21-23-12-5-4-6-13-23/h4-9,11-15,17,19-20H,3,10,16,18,21H2,1-2H3. The quantitative estimate of drug-likeness (QED) is 0.287. The number of hydrogen-bond acceptors (Lipinski definition) is 3. The number of ether oxygens (including phenoxy) is 2. The van der Waals surface area contributed by atoms with Crippen molar-refractivity contribution in [3.63, 3.8) is 0 Å². The van der Waals surface area contributed by atoms with Crippen molar-refractivity contribution in [3.05, 3.63) is 107 Å². The van der Waals surface area contributed by atoms with Crippen LogP contribution in [0.25, 0.3) is 6.08 Å². The van der Waals surface area contributed by atoms with Gasteiger partial charge in [-0.25, -0.2) is 4.79 Å². The average molecular weight is 415 g/mol. The molecule has 0 aliphatic rings. The summed E-state index contributed by atoms with van der Waals surface area (Å²) >= 11 is 0. The maximum atomic E-state index is 11.6. The van der Waals surface area contributed by atoms with Crippen LogP contribution < -0.4 is 4.74 Å². The maximum Gasteiger partial charge on any atom is 0.330 e. The molecule has 3 aromatic carbocycles. The monoisotopic (exact) mass is 414 g/mol. The molecule has 0 heterocycles. The summed E-state index contributed by atoms with van der Waals surface area (Å²) in [5.74, 6) is 0.680. The van der Waals surface area contributed by atoms with Crippen LogP contribution >= 0.6 is 0 Å². The van der Waals surface area contributed by atoms with Crippen LogP contribution in [0.2, 0.25) is 0 Å². The number of rotatable bonds is 10. The van der Waals surface area contributed by atoms with Crippen LogP contribution in [0.4, 0.5) is 0 Å². The largest absolute Gasteiger partial charge is 0.488 e. The number of aryl methyl sites for hydroxylation is 3. The highest BCUT2D eigenvalue weighted by Crippen LogP contribution is 2.26. The van der Waals surface area contributed by atoms with Gasteiger partial charge in [0, 0.05) is 6.08 Å². The van der Waals surface area contributed by atoms with Crippen molar-refractivity contribution in [3.8, 4) is 5.75 Å². The fourth-order valence-corrected chi connectivity index (χ4v) is 3.59. The second kappa shape index (κ2) is 11.8. The summed E-state index contributed by atoms with van der Waals surface area (Å²) in [6.45, 7) is 4.86. The van der Waals surface area contributed by atoms with E-state index in [2.05, 4.69) is 43.3 Å². The van der Waals surface area contributed by atoms with Gasteiger partial charge in [0.1, 0.15) is 12.4 Å². The molecule has 0 saturated carbocycles. The van der Waals surface area contributed by atoms with Gasteiger partial charge in [-0.1, -0.05) is 72.8 Å². The van der Waals surface area contributed by atoms with Crippen molar-refractivity contribution in [2.45, 2.75) is 39.7 Å². The van der Waals surface area contributed by atoms with E-state index < -0.39 is 0 Å². The van der Waals surface area contributed by atoms with Crippen molar-refractivity contribution >= 4 is 12.0 Å². The van der Waals surface area contributed by atoms with Crippen LogP contribution in [0.15, 0.2) is 78.9 Å². The molecule has 0 unspecified atom stereocenters. The Kier molecular flexibility index (Phi) is 8.48. The van der Waals surface area contributed by atoms with Gasteiger partial charge in [0.25, 0.3) is 0 Å². The van der Waals surface area contributed by atoms with E-state index in [4.69, 9.17) is 9.47 Å². The highest BCUT2D eigenvalue weighted by Gasteiger charge is 2.08. The Morgan fingerprint density at radius 2 is 1.58 bits per heavy atom. The van der Waals surface area contributed by atoms with E-state index in [0.29, 0.717) is 13.2 Å². The molecular formula is C28H30O3. The Labute approximate surface area is 185 Å². The molecule has 3 heteroatoms. The van der Waals surface area contributed by atoms with E-state index in [9.17, 15) is 4.79 Å². The molecule has 0 atom stereocenters. The summed E-state index contributed by atoms with van der Waals surface area (Å²) in [7, 11) is 0. The summed E-state index contributed by atoms with van der Waals surface area (Å²) in [4.78, 5) is 11.6. The third kappa shape index (κ3) is 6.85. The molecule has 0 radical (unpaired) electrons. The predicted octanol–water partition coefficient (Wildman–Crippen LogP) is 6.33. The van der Waals surface area contributed by atoms with Gasteiger partial charge >= 0.3 is 5.97 Å². The molecule has 0 bridgehead atoms. The van der Waals surface area contributed by atoms with Crippen molar-refractivity contribution in [1.29, 1.82) is 0 Å². The summed E-state index contributed by atoms with van der Waals surface area (Å²) in [5, 5.41) is 0. The molecule has 0 N–H and O–H groups in total. The lowest BCUT2D eigenvalue weighted by Gasteiger charge is -2.15. The zero-order chi connectivity index (χ0) is 21.9. The number of benzene rings is 3. The van der Waals surface area contributed by atoms with Crippen molar-refractivity contribution in [1.82, 2.24) is 0 Å². The first-order chi connectivity index (χ1) is 15.2. The Hall–Kier alpha value is -3.33. The molecule has 31 heavy (non-hydrogen) atoms. The van der Waals surface area contributed by atoms with Gasteiger partial charge in [-0.2, -0.15) is 0 Å². The molecule has 0 saturated heterocycles. The van der Waals surface area contributed by atoms with Gasteiger partial charge in [0.15, 0.2) is 0 Å². The fourth-order valence-electron chi connectivity index (χ4n) is 3.59. The predicted molar refractivity (Wildman–Crippen MR) is 126 cm³/mol. The van der Waals surface area contributed by atoms with E-state index in [0.717, 1.165) is 36.1 Å². The second-order valence-electron chi connectivity index (χ2n) is 7.48. The molecular weight excluding hydrogens is 384 g/mol. The summed E-state index contributed by atoms with van der Waals surface area (Å²) < 4.78 is 11.2. The van der Waals surface area contributed by atoms with Crippen LogP contribution in [0, 0.1) is 6.92 Å². The fraction of sp³-hybridized carbons (Fsp3) is 0.250. The van der Waals surface area contributed by atoms with Gasteiger partial charge in [-0.15, -0.1) is 0 Å². The van der Waals surface area contributed by atoms with Crippen molar-refractivity contribution < 1.29 is 14.3 Å². The molecule has 0 amide bonds. The van der Waals surface area contributed by atoms with Crippen LogP contribution in [0.1, 0.15) is 41.2 Å². The van der Waals surface area contributed by atoms with E-state index in [-0.39, 0.29) is 5.97 Å². The second-order valence-corrected chi connectivity index (χ2v) is 7.48. The molecule has 0 fully saturated rings. The van der Waals surface area contributed by atoms with E-state index in [1.54, 1.807) is 0 Å². The van der Waals surface area contributed by atoms with E-state index in [1.165, 1.54) is 22.8 Å². The number of carbonyl (C=O) groups is 1. The molecule has 0 spiro atoms. The molecule has 3 rings (SSSR count). The summed E-state index contributed by atoms with van der Waals surface area (Å²) in [5.41, 5.74) is 5.84. The minimum absolute atomic E-state index is 0.308. The highest BCUT2D eigenvalue weighted by molar-refractivity contribution is 5.87. The van der Waals surface area contributed by atoms with Crippen LogP contribution in [-0.2, 0) is 29.0 Å². The maximum absolute atomic E-state index is 11.6. The molecule has 160 valence electrons. The molecule has 0 aromatic heterocycles. The Morgan fingerprint density at radius 3 is 2.39 bits per heavy atom. The molecule has 3 nitrogen and oxygen atoms in total. The van der Waals surface area contributed by atoms with Crippen LogP contribution in [0.5, 0.6) is 5.75 Å². The number of esters is 1. The zero-order valence-corrected chi connectivity index (χ0v) is 18.3. The topological polar surface area (TPSA) is 35.5 Å². The normalized spacial score (nSPS) is 10.9. The van der Waals surface area contributed by atoms with Crippen molar-refractivity contribution in [2.24, 2.45) is 0 Å². The third-order valence-corrected chi connectivity index (χ3v) is 5.15. The van der Waals surface area contributed by atoms with Gasteiger partial charge in [0.2, 0.25) is 0 Å². The highest BCUT2D eigenvalue weighted by atomic mass is 16.5. The SMILES string of the molecule is CCOC(=O)C=Cc1ccccc1CCCc1cccc(C)c1OCc1ccccc1. The summed E-state index contributed by atoms with van der Waals surface area (Å²) in [6.07, 6.45) is 6.19. The number of para-hydroxylation sites is 1. The van der Waals surface area contributed by atoms with Gasteiger partial charge in [0.05, 0.1) is 6.61 Å². The first kappa shape index (κ1) is 22.4. The lowest BCUT2D eigenvalue weighted by atomic mass is 9.98. The van der Waals surface area contributed by atoms with Crippen LogP contribution in [0.3, 0.4) is 0 Å². The zero-order valence-electron chi connectivity index (χ0n) is 18.3. The minimum Gasteiger partial charge on any atom is -0.488 e. The van der Waals surface area contributed by atoms with Gasteiger partial charge in [-0.3, -0.25) is 0 Å². The number of hydrogen-bond donors (Lipinski definition) is 0. The summed E-state index contributed by atoms with van der Waals surface area (Å²) in [6, 6.07) is 24.8. The average Bonchev–Trinajstić information content (AvgIpc) is 2.79. The van der Waals surface area contributed by atoms with Crippen molar-refractivity contribution in [2.75, 3.05) is 6.61 Å². The smallest absolute Gasteiger partial charge is 0.330 e. The number of carbonyl (C=O) groups excluding carboxylic acids is 1. The Balaban J connectivity index is 1.63.